The van der Waals surface area contributed by atoms with E-state index < -0.39 is 0 Å². The molecule has 1 saturated carbocycles. The van der Waals surface area contributed by atoms with E-state index in [1.165, 1.54) is 12.0 Å². The van der Waals surface area contributed by atoms with Crippen LogP contribution in [0.2, 0.25) is 0 Å². The van der Waals surface area contributed by atoms with Gasteiger partial charge in [-0.05, 0) is 54.0 Å². The Hall–Kier alpha value is -0.810. The molecule has 5 rings (SSSR count). The Morgan fingerprint density at radius 2 is 2.17 bits per heavy atom. The van der Waals surface area contributed by atoms with E-state index >= 15 is 0 Å². The number of rotatable bonds is 0. The maximum Gasteiger partial charge on any atom is 0.257 e. The van der Waals surface area contributed by atoms with Crippen LogP contribution in [-0.4, -0.2) is 33.6 Å². The average molecular weight is 348 g/mol. The highest BCUT2D eigenvalue weighted by molar-refractivity contribution is 8.77. The van der Waals surface area contributed by atoms with E-state index in [9.17, 15) is 4.79 Å². The maximum absolute atomic E-state index is 13.3. The first-order chi connectivity index (χ1) is 10.9. The standard InChI is InChI=1S/C18H21NO2S2/c1-17-7-12-8-18(2,9-17)23-22-14-6-11-4-3-5-13(15(11)21-14)16(20)19(12)10-17/h3-5,12,14H,6-10H2,1-2H3. The highest BCUT2D eigenvalue weighted by Crippen LogP contribution is 2.58. The van der Waals surface area contributed by atoms with Crippen molar-refractivity contribution in [3.05, 3.63) is 29.3 Å². The van der Waals surface area contributed by atoms with Crippen molar-refractivity contribution in [2.45, 2.75) is 55.8 Å². The second kappa shape index (κ2) is 4.63. The summed E-state index contributed by atoms with van der Waals surface area (Å²) in [7, 11) is 3.86. The van der Waals surface area contributed by atoms with Crippen molar-refractivity contribution in [2.75, 3.05) is 6.54 Å². The van der Waals surface area contributed by atoms with Gasteiger partial charge in [0.1, 0.15) is 5.75 Å². The van der Waals surface area contributed by atoms with Gasteiger partial charge >= 0.3 is 0 Å². The van der Waals surface area contributed by atoms with Crippen LogP contribution in [0, 0.1) is 5.41 Å². The van der Waals surface area contributed by atoms with E-state index in [1.807, 2.05) is 33.7 Å². The average Bonchev–Trinajstić information content (AvgIpc) is 3.01. The van der Waals surface area contributed by atoms with Crippen LogP contribution in [0.4, 0.5) is 0 Å². The van der Waals surface area contributed by atoms with Gasteiger partial charge in [-0.15, -0.1) is 0 Å². The Kier molecular flexibility index (Phi) is 2.92. The topological polar surface area (TPSA) is 29.5 Å². The zero-order chi connectivity index (χ0) is 15.8. The molecule has 0 radical (unpaired) electrons. The highest BCUT2D eigenvalue weighted by Gasteiger charge is 2.54. The lowest BCUT2D eigenvalue weighted by Gasteiger charge is -2.41. The molecule has 4 aliphatic rings. The van der Waals surface area contributed by atoms with Crippen LogP contribution in [-0.2, 0) is 6.42 Å². The number of amides is 1. The normalized spacial score (nSPS) is 41.0. The largest absolute Gasteiger partial charge is 0.477 e. The summed E-state index contributed by atoms with van der Waals surface area (Å²) in [6.45, 7) is 5.64. The van der Waals surface area contributed by atoms with E-state index in [4.69, 9.17) is 4.74 Å². The van der Waals surface area contributed by atoms with Crippen molar-refractivity contribution in [1.82, 2.24) is 4.90 Å². The summed E-state index contributed by atoms with van der Waals surface area (Å²) >= 11 is 0. The van der Waals surface area contributed by atoms with Gasteiger partial charge in [-0.3, -0.25) is 4.79 Å². The minimum absolute atomic E-state index is 0.137. The molecule has 122 valence electrons. The Labute approximate surface area is 144 Å². The number of hydrogen-bond donors (Lipinski definition) is 0. The first-order valence-electron chi connectivity index (χ1n) is 8.39. The summed E-state index contributed by atoms with van der Waals surface area (Å²) in [4.78, 5) is 15.4. The molecule has 1 amide bonds. The van der Waals surface area contributed by atoms with E-state index in [2.05, 4.69) is 24.8 Å². The third-order valence-electron chi connectivity index (χ3n) is 5.77. The minimum Gasteiger partial charge on any atom is -0.477 e. The van der Waals surface area contributed by atoms with E-state index in [0.717, 1.165) is 37.1 Å². The van der Waals surface area contributed by atoms with Crippen molar-refractivity contribution in [3.8, 4) is 5.75 Å². The molecule has 5 bridgehead atoms. The van der Waals surface area contributed by atoms with Gasteiger partial charge in [0.2, 0.25) is 0 Å². The zero-order valence-electron chi connectivity index (χ0n) is 13.5. The summed E-state index contributed by atoms with van der Waals surface area (Å²) in [5, 5.41) is 0. The Morgan fingerprint density at radius 3 is 3.04 bits per heavy atom. The second-order valence-electron chi connectivity index (χ2n) is 8.16. The lowest BCUT2D eigenvalue weighted by atomic mass is 9.72. The summed E-state index contributed by atoms with van der Waals surface area (Å²) in [6.07, 6.45) is 4.35. The number of nitrogens with zero attached hydrogens (tertiary/aromatic N) is 1. The fourth-order valence-corrected chi connectivity index (χ4v) is 8.27. The van der Waals surface area contributed by atoms with Crippen molar-refractivity contribution >= 4 is 27.5 Å². The van der Waals surface area contributed by atoms with Gasteiger partial charge in [0.05, 0.1) is 5.56 Å². The monoisotopic (exact) mass is 347 g/mol. The Balaban J connectivity index is 1.64. The molecule has 1 aromatic rings. The quantitative estimate of drug-likeness (QED) is 0.661. The van der Waals surface area contributed by atoms with Gasteiger partial charge < -0.3 is 9.64 Å². The molecule has 1 saturated heterocycles. The summed E-state index contributed by atoms with van der Waals surface area (Å²) in [5.74, 6) is 1.02. The number of para-hydroxylation sites is 1. The van der Waals surface area contributed by atoms with Crippen LogP contribution in [0.25, 0.3) is 0 Å². The molecule has 3 aliphatic heterocycles. The molecule has 0 aromatic heterocycles. The molecule has 0 N–H and O–H groups in total. The SMILES string of the molecule is CC12CC3CC(C)(C1)SSC1Cc4cccc(c4O1)C(=O)N3C2. The number of fused-ring (bicyclic) bond motifs is 3. The molecular formula is C18H21NO2S2. The van der Waals surface area contributed by atoms with Crippen LogP contribution in [0.15, 0.2) is 18.2 Å². The van der Waals surface area contributed by atoms with Gasteiger partial charge in [-0.1, -0.05) is 29.9 Å². The maximum atomic E-state index is 13.3. The molecule has 1 aliphatic carbocycles. The fourth-order valence-electron chi connectivity index (χ4n) is 5.15. The van der Waals surface area contributed by atoms with Crippen molar-refractivity contribution in [1.29, 1.82) is 0 Å². The molecule has 0 spiro atoms. The Bertz CT molecular complexity index is 708. The molecule has 23 heavy (non-hydrogen) atoms. The lowest BCUT2D eigenvalue weighted by molar-refractivity contribution is 0.0724. The highest BCUT2D eigenvalue weighted by atomic mass is 33.1. The zero-order valence-corrected chi connectivity index (χ0v) is 15.1. The second-order valence-corrected chi connectivity index (χ2v) is 11.1. The molecular weight excluding hydrogens is 326 g/mol. The van der Waals surface area contributed by atoms with E-state index in [-0.39, 0.29) is 21.5 Å². The van der Waals surface area contributed by atoms with Crippen LogP contribution in [0.5, 0.6) is 5.75 Å². The first-order valence-corrected chi connectivity index (χ1v) is 10.6. The van der Waals surface area contributed by atoms with Gasteiger partial charge in [0.25, 0.3) is 5.91 Å². The molecule has 2 fully saturated rings. The summed E-state index contributed by atoms with van der Waals surface area (Å²) < 4.78 is 6.40. The molecule has 3 heterocycles. The van der Waals surface area contributed by atoms with Crippen molar-refractivity contribution in [2.24, 2.45) is 5.41 Å². The third-order valence-corrected chi connectivity index (χ3v) is 9.20. The predicted molar refractivity (Wildman–Crippen MR) is 94.9 cm³/mol. The van der Waals surface area contributed by atoms with Gasteiger partial charge in [0, 0.05) is 23.8 Å². The molecule has 1 aromatic carbocycles. The molecule has 3 nitrogen and oxygen atoms in total. The third kappa shape index (κ3) is 2.15. The lowest BCUT2D eigenvalue weighted by Crippen LogP contribution is -2.40. The number of carbonyl (C=O) groups excluding carboxylic acids is 1. The number of hydrogen-bond acceptors (Lipinski definition) is 4. The molecule has 4 unspecified atom stereocenters. The smallest absolute Gasteiger partial charge is 0.257 e. The van der Waals surface area contributed by atoms with Crippen molar-refractivity contribution < 1.29 is 9.53 Å². The Morgan fingerprint density at radius 1 is 1.30 bits per heavy atom. The van der Waals surface area contributed by atoms with Crippen LogP contribution < -0.4 is 4.74 Å². The van der Waals surface area contributed by atoms with Crippen LogP contribution in [0.1, 0.15) is 49.0 Å². The minimum atomic E-state index is 0.137. The molecule has 5 heteroatoms. The predicted octanol–water partition coefficient (Wildman–Crippen LogP) is 4.12. The van der Waals surface area contributed by atoms with Gasteiger partial charge in [-0.25, -0.2) is 0 Å². The summed E-state index contributed by atoms with van der Waals surface area (Å²) in [6, 6.07) is 6.44. The summed E-state index contributed by atoms with van der Waals surface area (Å²) in [5.41, 5.74) is 2.37. The number of carbonyl (C=O) groups is 1. The number of ether oxygens (including phenoxy) is 1. The fraction of sp³-hybridized carbons (Fsp3) is 0.611. The van der Waals surface area contributed by atoms with E-state index in [1.54, 1.807) is 0 Å². The first kappa shape index (κ1) is 14.5. The van der Waals surface area contributed by atoms with Gasteiger partial charge in [0.15, 0.2) is 5.44 Å². The molecule has 4 atom stereocenters. The van der Waals surface area contributed by atoms with Crippen LogP contribution in [0.3, 0.4) is 0 Å². The van der Waals surface area contributed by atoms with E-state index in [0.29, 0.717) is 6.04 Å². The van der Waals surface area contributed by atoms with Crippen LogP contribution >= 0.6 is 21.6 Å². The number of benzene rings is 1. The van der Waals surface area contributed by atoms with Gasteiger partial charge in [-0.2, -0.15) is 0 Å². The van der Waals surface area contributed by atoms with Crippen molar-refractivity contribution in [3.63, 3.8) is 0 Å².